The third-order valence-electron chi connectivity index (χ3n) is 2.75. The van der Waals surface area contributed by atoms with E-state index in [9.17, 15) is 9.59 Å². The average Bonchev–Trinajstić information content (AvgIpc) is 2.45. The fourth-order valence-corrected chi connectivity index (χ4v) is 1.90. The van der Waals surface area contributed by atoms with Gasteiger partial charge in [-0.3, -0.25) is 9.59 Å². The Kier molecular flexibility index (Phi) is 7.61. The van der Waals surface area contributed by atoms with E-state index in [0.29, 0.717) is 30.2 Å². The molecule has 0 heterocycles. The number of carbonyl (C=O) groups excluding carboxylic acids is 2. The molecular formula is C15H20ClNO4. The Hall–Kier alpha value is -1.75. The molecule has 21 heavy (non-hydrogen) atoms. The molecular weight excluding hydrogens is 294 g/mol. The number of nitrogens with one attached hydrogen (secondary N) is 1. The van der Waals surface area contributed by atoms with Crippen LogP contribution in [-0.2, 0) is 14.3 Å². The molecule has 116 valence electrons. The molecule has 6 heteroatoms. The smallest absolute Gasteiger partial charge is 0.307 e. The summed E-state index contributed by atoms with van der Waals surface area (Å²) in [6, 6.07) is 6.95. The lowest BCUT2D eigenvalue weighted by Crippen LogP contribution is -2.34. The summed E-state index contributed by atoms with van der Waals surface area (Å²) in [6.07, 6.45) is 1.07. The predicted molar refractivity (Wildman–Crippen MR) is 80.4 cm³/mol. The van der Waals surface area contributed by atoms with Crippen molar-refractivity contribution < 1.29 is 19.1 Å². The van der Waals surface area contributed by atoms with E-state index >= 15 is 0 Å². The molecule has 0 radical (unpaired) electrons. The highest BCUT2D eigenvalue weighted by Gasteiger charge is 2.11. The van der Waals surface area contributed by atoms with E-state index < -0.39 is 0 Å². The third-order valence-corrected chi connectivity index (χ3v) is 3.06. The van der Waals surface area contributed by atoms with Crippen LogP contribution in [0.1, 0.15) is 26.2 Å². The van der Waals surface area contributed by atoms with Crippen LogP contribution in [0.25, 0.3) is 0 Å². The third kappa shape index (κ3) is 6.99. The molecule has 0 fully saturated rings. The molecule has 0 saturated heterocycles. The number of carbonyl (C=O) groups is 2. The SMILES string of the molecule is COC(=O)C[C@H](C)NC(=O)CCCOc1ccccc1Cl. The average molecular weight is 314 g/mol. The minimum absolute atomic E-state index is 0.117. The number of hydrogen-bond donors (Lipinski definition) is 1. The van der Waals surface area contributed by atoms with E-state index in [1.807, 2.05) is 12.1 Å². The second-order valence-corrected chi connectivity index (χ2v) is 5.04. The largest absolute Gasteiger partial charge is 0.492 e. The van der Waals surface area contributed by atoms with Crippen molar-refractivity contribution in [3.63, 3.8) is 0 Å². The molecule has 0 aliphatic rings. The Labute approximate surface area is 129 Å². The second kappa shape index (κ2) is 9.23. The number of ether oxygens (including phenoxy) is 2. The summed E-state index contributed by atoms with van der Waals surface area (Å²) in [5, 5.41) is 3.28. The van der Waals surface area contributed by atoms with Gasteiger partial charge >= 0.3 is 5.97 Å². The number of hydrogen-bond acceptors (Lipinski definition) is 4. The van der Waals surface area contributed by atoms with E-state index in [0.717, 1.165) is 0 Å². The fraction of sp³-hybridized carbons (Fsp3) is 0.467. The highest BCUT2D eigenvalue weighted by Crippen LogP contribution is 2.23. The fourth-order valence-electron chi connectivity index (χ4n) is 1.71. The molecule has 1 atom stereocenters. The lowest BCUT2D eigenvalue weighted by molar-refractivity contribution is -0.141. The normalized spacial score (nSPS) is 11.6. The Morgan fingerprint density at radius 2 is 2.05 bits per heavy atom. The maximum Gasteiger partial charge on any atom is 0.307 e. The van der Waals surface area contributed by atoms with Crippen LogP contribution in [-0.4, -0.2) is 31.6 Å². The summed E-state index contributed by atoms with van der Waals surface area (Å²) in [5.41, 5.74) is 0. The van der Waals surface area contributed by atoms with Gasteiger partial charge in [-0.2, -0.15) is 0 Å². The quantitative estimate of drug-likeness (QED) is 0.592. The van der Waals surface area contributed by atoms with Gasteiger partial charge in [0.25, 0.3) is 0 Å². The summed E-state index contributed by atoms with van der Waals surface area (Å²) >= 11 is 5.95. The first-order chi connectivity index (χ1) is 10.0. The standard InChI is InChI=1S/C15H20ClNO4/c1-11(10-15(19)20-2)17-14(18)8-5-9-21-13-7-4-3-6-12(13)16/h3-4,6-7,11H,5,8-10H2,1-2H3,(H,17,18)/t11-/m0/s1. The first-order valence-electron chi connectivity index (χ1n) is 6.76. The van der Waals surface area contributed by atoms with Crippen molar-refractivity contribution in [2.45, 2.75) is 32.2 Å². The number of benzene rings is 1. The van der Waals surface area contributed by atoms with Crippen molar-refractivity contribution >= 4 is 23.5 Å². The van der Waals surface area contributed by atoms with Gasteiger partial charge in [-0.05, 0) is 25.5 Å². The topological polar surface area (TPSA) is 64.6 Å². The van der Waals surface area contributed by atoms with Crippen LogP contribution in [0.15, 0.2) is 24.3 Å². The molecule has 0 saturated carbocycles. The zero-order valence-corrected chi connectivity index (χ0v) is 13.0. The van der Waals surface area contributed by atoms with Crippen molar-refractivity contribution in [2.75, 3.05) is 13.7 Å². The number of amides is 1. The van der Waals surface area contributed by atoms with Gasteiger partial charge in [0, 0.05) is 12.5 Å². The van der Waals surface area contributed by atoms with E-state index in [2.05, 4.69) is 10.1 Å². The van der Waals surface area contributed by atoms with Crippen LogP contribution >= 0.6 is 11.6 Å². The lowest BCUT2D eigenvalue weighted by Gasteiger charge is -2.12. The maximum absolute atomic E-state index is 11.7. The zero-order chi connectivity index (χ0) is 15.7. The van der Waals surface area contributed by atoms with Gasteiger partial charge in [0.1, 0.15) is 5.75 Å². The molecule has 5 nitrogen and oxygen atoms in total. The van der Waals surface area contributed by atoms with Crippen molar-refractivity contribution in [1.29, 1.82) is 0 Å². The zero-order valence-electron chi connectivity index (χ0n) is 12.2. The van der Waals surface area contributed by atoms with Gasteiger partial charge in [-0.25, -0.2) is 0 Å². The molecule has 1 aromatic rings. The van der Waals surface area contributed by atoms with Gasteiger partial charge in [-0.1, -0.05) is 23.7 Å². The van der Waals surface area contributed by atoms with Crippen molar-refractivity contribution in [1.82, 2.24) is 5.32 Å². The summed E-state index contributed by atoms with van der Waals surface area (Å²) in [4.78, 5) is 22.7. The van der Waals surface area contributed by atoms with Gasteiger partial charge in [-0.15, -0.1) is 0 Å². The summed E-state index contributed by atoms with van der Waals surface area (Å²) < 4.78 is 10.0. The monoisotopic (exact) mass is 313 g/mol. The Morgan fingerprint density at radius 1 is 1.33 bits per heavy atom. The van der Waals surface area contributed by atoms with Crippen LogP contribution < -0.4 is 10.1 Å². The molecule has 1 N–H and O–H groups in total. The number of rotatable bonds is 8. The highest BCUT2D eigenvalue weighted by atomic mass is 35.5. The number of para-hydroxylation sites is 1. The van der Waals surface area contributed by atoms with E-state index in [1.54, 1.807) is 19.1 Å². The van der Waals surface area contributed by atoms with Crippen molar-refractivity contribution in [3.8, 4) is 5.75 Å². The molecule has 0 aliphatic heterocycles. The van der Waals surface area contributed by atoms with Gasteiger partial charge in [0.05, 0.1) is 25.2 Å². The van der Waals surface area contributed by atoms with Crippen LogP contribution in [0.2, 0.25) is 5.02 Å². The molecule has 0 aromatic heterocycles. The maximum atomic E-state index is 11.7. The van der Waals surface area contributed by atoms with Gasteiger partial charge < -0.3 is 14.8 Å². The Bertz CT molecular complexity index is 478. The van der Waals surface area contributed by atoms with Crippen LogP contribution in [0.4, 0.5) is 0 Å². The van der Waals surface area contributed by atoms with E-state index in [4.69, 9.17) is 16.3 Å². The molecule has 0 bridgehead atoms. The second-order valence-electron chi connectivity index (χ2n) is 4.63. The summed E-state index contributed by atoms with van der Waals surface area (Å²) in [7, 11) is 1.32. The Morgan fingerprint density at radius 3 is 2.71 bits per heavy atom. The summed E-state index contributed by atoms with van der Waals surface area (Å²) in [6.45, 7) is 2.16. The van der Waals surface area contributed by atoms with E-state index in [-0.39, 0.29) is 24.3 Å². The molecule has 1 aromatic carbocycles. The van der Waals surface area contributed by atoms with Gasteiger partial charge in [0.15, 0.2) is 0 Å². The van der Waals surface area contributed by atoms with Crippen LogP contribution in [0.3, 0.4) is 0 Å². The van der Waals surface area contributed by atoms with Crippen LogP contribution in [0.5, 0.6) is 5.75 Å². The first kappa shape index (κ1) is 17.3. The number of esters is 1. The minimum atomic E-state index is -0.343. The number of halogens is 1. The Balaban J connectivity index is 2.19. The predicted octanol–water partition coefficient (Wildman–Crippen LogP) is 2.57. The van der Waals surface area contributed by atoms with E-state index in [1.165, 1.54) is 7.11 Å². The minimum Gasteiger partial charge on any atom is -0.492 e. The molecule has 1 rings (SSSR count). The van der Waals surface area contributed by atoms with Crippen molar-refractivity contribution in [3.05, 3.63) is 29.3 Å². The molecule has 0 unspecified atom stereocenters. The highest BCUT2D eigenvalue weighted by molar-refractivity contribution is 6.32. The molecule has 0 aliphatic carbocycles. The summed E-state index contributed by atoms with van der Waals surface area (Å²) in [5.74, 6) is 0.151. The first-order valence-corrected chi connectivity index (χ1v) is 7.14. The molecule has 0 spiro atoms. The molecule has 1 amide bonds. The lowest BCUT2D eigenvalue weighted by atomic mass is 10.2. The van der Waals surface area contributed by atoms with Crippen molar-refractivity contribution in [2.24, 2.45) is 0 Å². The van der Waals surface area contributed by atoms with Gasteiger partial charge in [0.2, 0.25) is 5.91 Å². The number of methoxy groups -OCH3 is 1. The van der Waals surface area contributed by atoms with Crippen LogP contribution in [0, 0.1) is 0 Å².